The zero-order valence-corrected chi connectivity index (χ0v) is 17.2. The average Bonchev–Trinajstić information content (AvgIpc) is 2.60. The lowest BCUT2D eigenvalue weighted by Crippen LogP contribution is -2.27. The number of amides is 1. The zero-order valence-electron chi connectivity index (χ0n) is 17.2. The standard InChI is InChI=1S/C22H26N4O2/c1-14-7-8-15-12-16(18-9-10-23-20(24-18)26(5)6)13-19(17(15)11-14)25-21(27)28-22(2,3)4/h7-13H,1-6H3,(H,25,27). The normalized spacial score (nSPS) is 11.4. The van der Waals surface area contributed by atoms with Crippen LogP contribution in [0.5, 0.6) is 0 Å². The van der Waals surface area contributed by atoms with Gasteiger partial charge in [-0.15, -0.1) is 0 Å². The molecule has 1 amide bonds. The number of rotatable bonds is 3. The molecule has 0 radical (unpaired) electrons. The van der Waals surface area contributed by atoms with Gasteiger partial charge < -0.3 is 9.64 Å². The van der Waals surface area contributed by atoms with Crippen molar-refractivity contribution in [1.29, 1.82) is 0 Å². The molecular formula is C22H26N4O2. The lowest BCUT2D eigenvalue weighted by atomic mass is 10.0. The van der Waals surface area contributed by atoms with E-state index in [0.717, 1.165) is 27.6 Å². The van der Waals surface area contributed by atoms with E-state index in [2.05, 4.69) is 33.5 Å². The fourth-order valence-electron chi connectivity index (χ4n) is 2.86. The first-order valence-corrected chi connectivity index (χ1v) is 9.17. The van der Waals surface area contributed by atoms with E-state index >= 15 is 0 Å². The maximum Gasteiger partial charge on any atom is 0.412 e. The Balaban J connectivity index is 2.09. The number of fused-ring (bicyclic) bond motifs is 1. The Labute approximate surface area is 165 Å². The highest BCUT2D eigenvalue weighted by atomic mass is 16.6. The minimum absolute atomic E-state index is 0.482. The summed E-state index contributed by atoms with van der Waals surface area (Å²) < 4.78 is 5.43. The highest BCUT2D eigenvalue weighted by molar-refractivity contribution is 6.03. The second kappa shape index (κ2) is 7.46. The van der Waals surface area contributed by atoms with Gasteiger partial charge in [-0.3, -0.25) is 5.32 Å². The van der Waals surface area contributed by atoms with Gasteiger partial charge >= 0.3 is 6.09 Å². The van der Waals surface area contributed by atoms with Crippen molar-refractivity contribution in [3.63, 3.8) is 0 Å². The molecule has 0 aliphatic carbocycles. The number of aryl methyl sites for hydroxylation is 1. The quantitative estimate of drug-likeness (QED) is 0.693. The summed E-state index contributed by atoms with van der Waals surface area (Å²) >= 11 is 0. The van der Waals surface area contributed by atoms with Crippen molar-refractivity contribution in [2.75, 3.05) is 24.3 Å². The van der Waals surface area contributed by atoms with Gasteiger partial charge in [-0.1, -0.05) is 17.7 Å². The number of aromatic nitrogens is 2. The summed E-state index contributed by atoms with van der Waals surface area (Å²) in [6.45, 7) is 7.55. The van der Waals surface area contributed by atoms with E-state index in [-0.39, 0.29) is 0 Å². The van der Waals surface area contributed by atoms with Crippen LogP contribution in [0, 0.1) is 6.92 Å². The van der Waals surface area contributed by atoms with Crippen molar-refractivity contribution >= 4 is 28.5 Å². The fraction of sp³-hybridized carbons (Fsp3) is 0.318. The molecule has 0 fully saturated rings. The van der Waals surface area contributed by atoms with Gasteiger partial charge in [0.25, 0.3) is 0 Å². The van der Waals surface area contributed by atoms with Crippen LogP contribution in [-0.4, -0.2) is 35.8 Å². The second-order valence-electron chi connectivity index (χ2n) is 8.01. The van der Waals surface area contributed by atoms with Gasteiger partial charge in [0.1, 0.15) is 5.60 Å². The molecule has 146 valence electrons. The molecule has 1 N–H and O–H groups in total. The number of nitrogens with one attached hydrogen (secondary N) is 1. The van der Waals surface area contributed by atoms with Crippen LogP contribution >= 0.6 is 0 Å². The number of nitrogens with zero attached hydrogens (tertiary/aromatic N) is 3. The number of benzene rings is 2. The monoisotopic (exact) mass is 378 g/mol. The first-order chi connectivity index (χ1) is 13.1. The van der Waals surface area contributed by atoms with Crippen molar-refractivity contribution in [3.8, 4) is 11.3 Å². The van der Waals surface area contributed by atoms with Crippen molar-refractivity contribution in [2.24, 2.45) is 0 Å². The molecule has 6 heteroatoms. The SMILES string of the molecule is Cc1ccc2cc(-c3ccnc(N(C)C)n3)cc(NC(=O)OC(C)(C)C)c2c1. The van der Waals surface area contributed by atoms with E-state index < -0.39 is 11.7 Å². The molecule has 1 heterocycles. The van der Waals surface area contributed by atoms with Crippen LogP contribution in [0.15, 0.2) is 42.6 Å². The molecule has 0 saturated heterocycles. The van der Waals surface area contributed by atoms with Crippen LogP contribution in [0.25, 0.3) is 22.0 Å². The highest BCUT2D eigenvalue weighted by Crippen LogP contribution is 2.32. The molecule has 0 atom stereocenters. The molecular weight excluding hydrogens is 352 g/mol. The first-order valence-electron chi connectivity index (χ1n) is 9.17. The van der Waals surface area contributed by atoms with Crippen LogP contribution in [0.3, 0.4) is 0 Å². The summed E-state index contributed by atoms with van der Waals surface area (Å²) in [7, 11) is 3.80. The maximum absolute atomic E-state index is 12.4. The van der Waals surface area contributed by atoms with E-state index in [0.29, 0.717) is 11.6 Å². The molecule has 6 nitrogen and oxygen atoms in total. The van der Waals surface area contributed by atoms with Crippen molar-refractivity contribution in [1.82, 2.24) is 9.97 Å². The number of hydrogen-bond acceptors (Lipinski definition) is 5. The third-order valence-corrected chi connectivity index (χ3v) is 4.08. The van der Waals surface area contributed by atoms with Gasteiger partial charge in [0, 0.05) is 31.2 Å². The Hall–Kier alpha value is -3.15. The Bertz CT molecular complexity index is 1020. The molecule has 0 aliphatic heterocycles. The maximum atomic E-state index is 12.4. The largest absolute Gasteiger partial charge is 0.444 e. The third kappa shape index (κ3) is 4.57. The molecule has 28 heavy (non-hydrogen) atoms. The van der Waals surface area contributed by atoms with Crippen molar-refractivity contribution in [3.05, 3.63) is 48.2 Å². The van der Waals surface area contributed by atoms with E-state index in [4.69, 9.17) is 4.74 Å². The summed E-state index contributed by atoms with van der Waals surface area (Å²) in [6.07, 6.45) is 1.25. The topological polar surface area (TPSA) is 67.4 Å². The van der Waals surface area contributed by atoms with Crippen molar-refractivity contribution in [2.45, 2.75) is 33.3 Å². The molecule has 0 aliphatic rings. The van der Waals surface area contributed by atoms with Crippen LogP contribution in [0.1, 0.15) is 26.3 Å². The Morgan fingerprint density at radius 1 is 1.11 bits per heavy atom. The van der Waals surface area contributed by atoms with Crippen LogP contribution < -0.4 is 10.2 Å². The number of carbonyl (C=O) groups is 1. The molecule has 0 spiro atoms. The average molecular weight is 378 g/mol. The number of anilines is 2. The predicted octanol–water partition coefficient (Wildman–Crippen LogP) is 5.02. The summed E-state index contributed by atoms with van der Waals surface area (Å²) in [5.74, 6) is 0.628. The molecule has 1 aromatic heterocycles. The molecule has 0 saturated carbocycles. The van der Waals surface area contributed by atoms with Gasteiger partial charge in [-0.2, -0.15) is 0 Å². The summed E-state index contributed by atoms with van der Waals surface area (Å²) in [5.41, 5.74) is 2.92. The molecule has 0 unspecified atom stereocenters. The third-order valence-electron chi connectivity index (χ3n) is 4.08. The molecule has 3 rings (SSSR count). The van der Waals surface area contributed by atoms with E-state index in [9.17, 15) is 4.79 Å². The highest BCUT2D eigenvalue weighted by Gasteiger charge is 2.18. The summed E-state index contributed by atoms with van der Waals surface area (Å²) in [6, 6.07) is 12.0. The van der Waals surface area contributed by atoms with E-state index in [1.54, 1.807) is 6.20 Å². The van der Waals surface area contributed by atoms with Crippen LogP contribution in [0.2, 0.25) is 0 Å². The van der Waals surface area contributed by atoms with E-state index in [1.165, 1.54) is 0 Å². The minimum Gasteiger partial charge on any atom is -0.444 e. The molecule has 0 bridgehead atoms. The van der Waals surface area contributed by atoms with Gasteiger partial charge in [0.05, 0.1) is 11.4 Å². The Morgan fingerprint density at radius 3 is 2.54 bits per heavy atom. The Kier molecular flexibility index (Phi) is 5.23. The van der Waals surface area contributed by atoms with Crippen LogP contribution in [-0.2, 0) is 4.74 Å². The first kappa shape index (κ1) is 19.6. The van der Waals surface area contributed by atoms with E-state index in [1.807, 2.05) is 64.9 Å². The lowest BCUT2D eigenvalue weighted by Gasteiger charge is -2.20. The second-order valence-corrected chi connectivity index (χ2v) is 8.01. The summed E-state index contributed by atoms with van der Waals surface area (Å²) in [4.78, 5) is 23.1. The summed E-state index contributed by atoms with van der Waals surface area (Å²) in [5, 5.41) is 4.87. The fourth-order valence-corrected chi connectivity index (χ4v) is 2.86. The smallest absolute Gasteiger partial charge is 0.412 e. The van der Waals surface area contributed by atoms with Crippen molar-refractivity contribution < 1.29 is 9.53 Å². The zero-order chi connectivity index (χ0) is 20.5. The lowest BCUT2D eigenvalue weighted by molar-refractivity contribution is 0.0636. The molecule has 3 aromatic rings. The van der Waals surface area contributed by atoms with Gasteiger partial charge in [0.2, 0.25) is 5.95 Å². The number of hydrogen-bond donors (Lipinski definition) is 1. The number of carbonyl (C=O) groups excluding carboxylic acids is 1. The number of ether oxygens (including phenoxy) is 1. The van der Waals surface area contributed by atoms with Gasteiger partial charge in [0.15, 0.2) is 0 Å². The molecule has 2 aromatic carbocycles. The van der Waals surface area contributed by atoms with Crippen LogP contribution in [0.4, 0.5) is 16.4 Å². The Morgan fingerprint density at radius 2 is 1.86 bits per heavy atom. The van der Waals surface area contributed by atoms with Gasteiger partial charge in [-0.05, 0) is 57.3 Å². The van der Waals surface area contributed by atoms with Gasteiger partial charge in [-0.25, -0.2) is 14.8 Å². The minimum atomic E-state index is -0.569. The predicted molar refractivity (Wildman–Crippen MR) is 114 cm³/mol.